The Labute approximate surface area is 245 Å². The molecule has 212 valence electrons. The van der Waals surface area contributed by atoms with Gasteiger partial charge < -0.3 is 9.80 Å². The van der Waals surface area contributed by atoms with Crippen molar-refractivity contribution in [2.24, 2.45) is 0 Å². The van der Waals surface area contributed by atoms with Crippen LogP contribution in [0.1, 0.15) is 57.6 Å². The summed E-state index contributed by atoms with van der Waals surface area (Å²) in [7, 11) is 0. The van der Waals surface area contributed by atoms with E-state index >= 15 is 0 Å². The van der Waals surface area contributed by atoms with Gasteiger partial charge in [0.1, 0.15) is 17.0 Å². The molecule has 1 aliphatic heterocycles. The van der Waals surface area contributed by atoms with E-state index in [4.69, 9.17) is 26.8 Å². The van der Waals surface area contributed by atoms with E-state index in [9.17, 15) is 9.18 Å². The molecule has 1 aliphatic rings. The lowest BCUT2D eigenvalue weighted by atomic mass is 9.86. The molecule has 3 heterocycles. The van der Waals surface area contributed by atoms with E-state index in [1.165, 1.54) is 12.1 Å². The number of hydrogen-bond donors (Lipinski definition) is 0. The van der Waals surface area contributed by atoms with Gasteiger partial charge in [-0.15, -0.1) is 10.2 Å². The Morgan fingerprint density at radius 2 is 1.71 bits per heavy atom. The van der Waals surface area contributed by atoms with E-state index in [1.54, 1.807) is 23.1 Å². The first-order chi connectivity index (χ1) is 19.6. The summed E-state index contributed by atoms with van der Waals surface area (Å²) >= 11 is 6.84. The highest BCUT2D eigenvalue weighted by Crippen LogP contribution is 2.42. The number of anilines is 1. The van der Waals surface area contributed by atoms with Crippen molar-refractivity contribution in [1.82, 2.24) is 20.1 Å². The van der Waals surface area contributed by atoms with Gasteiger partial charge in [-0.2, -0.15) is 0 Å². The normalized spacial score (nSPS) is 15.7. The second-order valence-corrected chi connectivity index (χ2v) is 11.6. The summed E-state index contributed by atoms with van der Waals surface area (Å²) in [5, 5.41) is 10.7. The average Bonchev–Trinajstić information content (AvgIpc) is 2.96. The van der Waals surface area contributed by atoms with Crippen molar-refractivity contribution < 1.29 is 9.18 Å². The van der Waals surface area contributed by atoms with Gasteiger partial charge in [-0.1, -0.05) is 76.2 Å². The van der Waals surface area contributed by atoms with Crippen LogP contribution in [0.2, 0.25) is 5.02 Å². The molecule has 2 aromatic carbocycles. The van der Waals surface area contributed by atoms with Crippen LogP contribution in [0.15, 0.2) is 61.2 Å². The Morgan fingerprint density at radius 3 is 2.32 bits per heavy atom. The number of hydrogen-bond acceptors (Lipinski definition) is 5. The number of carbonyl (C=O) groups excluding carboxylic acids is 1. The summed E-state index contributed by atoms with van der Waals surface area (Å²) in [6, 6.07) is 14.6. The maximum atomic E-state index is 15.0. The summed E-state index contributed by atoms with van der Waals surface area (Å²) in [4.78, 5) is 21.3. The quantitative estimate of drug-likeness (QED) is 0.223. The van der Waals surface area contributed by atoms with E-state index in [2.05, 4.69) is 64.3 Å². The number of benzene rings is 2. The van der Waals surface area contributed by atoms with E-state index in [0.717, 1.165) is 22.1 Å². The fourth-order valence-electron chi connectivity index (χ4n) is 5.69. The van der Waals surface area contributed by atoms with Crippen molar-refractivity contribution in [2.75, 3.05) is 24.5 Å². The van der Waals surface area contributed by atoms with Crippen LogP contribution in [0.3, 0.4) is 0 Å². The Morgan fingerprint density at radius 1 is 1.02 bits per heavy atom. The van der Waals surface area contributed by atoms with Gasteiger partial charge in [-0.3, -0.25) is 4.79 Å². The third-order valence-electron chi connectivity index (χ3n) is 7.81. The Bertz CT molecular complexity index is 1610. The van der Waals surface area contributed by atoms with Crippen LogP contribution in [0.25, 0.3) is 33.4 Å². The molecular weight excluding hydrogens is 537 g/mol. The average molecular weight is 572 g/mol. The number of amides is 1. The third-order valence-corrected chi connectivity index (χ3v) is 8.10. The molecule has 1 fully saturated rings. The lowest BCUT2D eigenvalue weighted by molar-refractivity contribution is -0.126. The number of fused-ring (bicyclic) bond motifs is 1. The minimum absolute atomic E-state index is 0.0322. The Balaban J connectivity index is 1.79. The molecule has 0 saturated carbocycles. The number of piperazine rings is 1. The van der Waals surface area contributed by atoms with Crippen LogP contribution >= 0.6 is 11.6 Å². The first-order valence-corrected chi connectivity index (χ1v) is 14.4. The Hall–Kier alpha value is -3.84. The fourth-order valence-corrected chi connectivity index (χ4v) is 5.94. The van der Waals surface area contributed by atoms with Crippen LogP contribution in [-0.2, 0) is 4.79 Å². The molecule has 41 heavy (non-hydrogen) atoms. The van der Waals surface area contributed by atoms with Crippen LogP contribution in [0.4, 0.5) is 10.2 Å². The molecule has 1 atom stereocenters. The maximum absolute atomic E-state index is 15.0. The molecule has 1 amide bonds. The predicted molar refractivity (Wildman–Crippen MR) is 165 cm³/mol. The van der Waals surface area contributed by atoms with Gasteiger partial charge >= 0.3 is 0 Å². The largest absolute Gasteiger partial charge is 0.348 e. The van der Waals surface area contributed by atoms with E-state index < -0.39 is 5.82 Å². The van der Waals surface area contributed by atoms with E-state index in [-0.39, 0.29) is 23.8 Å². The number of pyridine rings is 1. The zero-order valence-corrected chi connectivity index (χ0v) is 24.9. The van der Waals surface area contributed by atoms with Gasteiger partial charge in [-0.05, 0) is 54.2 Å². The van der Waals surface area contributed by atoms with Crippen molar-refractivity contribution in [3.63, 3.8) is 0 Å². The number of halogens is 2. The van der Waals surface area contributed by atoms with Crippen molar-refractivity contribution >= 4 is 34.2 Å². The molecule has 0 spiro atoms. The van der Waals surface area contributed by atoms with Gasteiger partial charge in [0.2, 0.25) is 5.91 Å². The summed E-state index contributed by atoms with van der Waals surface area (Å²) in [6.45, 7) is 15.9. The van der Waals surface area contributed by atoms with E-state index in [0.29, 0.717) is 52.9 Å². The number of rotatable bonds is 6. The molecule has 0 bridgehead atoms. The SMILES string of the molecule is C=CC(=O)N1CCN(c2nnc(-c3c(C(C)C)cccc3C(C)C)c3nc(-c4ccccc4F)c(Cl)cc23)[C@@H](C)C1. The second-order valence-electron chi connectivity index (χ2n) is 11.2. The van der Waals surface area contributed by atoms with Crippen molar-refractivity contribution in [1.29, 1.82) is 0 Å². The number of aromatic nitrogens is 3. The minimum Gasteiger partial charge on any atom is -0.348 e. The predicted octanol–water partition coefficient (Wildman–Crippen LogP) is 7.62. The highest BCUT2D eigenvalue weighted by atomic mass is 35.5. The topological polar surface area (TPSA) is 62.2 Å². The van der Waals surface area contributed by atoms with Crippen molar-refractivity contribution in [2.45, 2.75) is 52.5 Å². The lowest BCUT2D eigenvalue weighted by Crippen LogP contribution is -2.53. The second kappa shape index (κ2) is 11.6. The van der Waals surface area contributed by atoms with Crippen molar-refractivity contribution in [3.05, 3.63) is 83.2 Å². The van der Waals surface area contributed by atoms with Gasteiger partial charge in [0, 0.05) is 42.2 Å². The van der Waals surface area contributed by atoms with Gasteiger partial charge in [0.05, 0.1) is 10.7 Å². The van der Waals surface area contributed by atoms with Crippen LogP contribution in [0, 0.1) is 5.82 Å². The first kappa shape index (κ1) is 28.7. The van der Waals surface area contributed by atoms with Gasteiger partial charge in [-0.25, -0.2) is 9.37 Å². The monoisotopic (exact) mass is 571 g/mol. The molecule has 2 aromatic heterocycles. The zero-order valence-electron chi connectivity index (χ0n) is 24.2. The molecule has 4 aromatic rings. The van der Waals surface area contributed by atoms with Crippen molar-refractivity contribution in [3.8, 4) is 22.5 Å². The maximum Gasteiger partial charge on any atom is 0.246 e. The van der Waals surface area contributed by atoms with Gasteiger partial charge in [0.25, 0.3) is 0 Å². The number of nitrogens with zero attached hydrogens (tertiary/aromatic N) is 5. The van der Waals surface area contributed by atoms with Gasteiger partial charge in [0.15, 0.2) is 5.82 Å². The molecule has 1 saturated heterocycles. The highest BCUT2D eigenvalue weighted by molar-refractivity contribution is 6.34. The molecule has 6 nitrogen and oxygen atoms in total. The smallest absolute Gasteiger partial charge is 0.246 e. The molecule has 5 rings (SSSR count). The molecule has 0 unspecified atom stereocenters. The van der Waals surface area contributed by atoms with Crippen LogP contribution < -0.4 is 4.90 Å². The fraction of sp³-hybridized carbons (Fsp3) is 0.333. The highest BCUT2D eigenvalue weighted by Gasteiger charge is 2.30. The lowest BCUT2D eigenvalue weighted by Gasteiger charge is -2.40. The molecule has 0 radical (unpaired) electrons. The molecule has 8 heteroatoms. The summed E-state index contributed by atoms with van der Waals surface area (Å²) in [5.74, 6) is 0.619. The van der Waals surface area contributed by atoms with Crippen LogP contribution in [-0.4, -0.2) is 51.7 Å². The summed E-state index contributed by atoms with van der Waals surface area (Å²) in [5.41, 5.74) is 5.26. The molecule has 0 N–H and O–H groups in total. The number of carbonyl (C=O) groups is 1. The Kier molecular flexibility index (Phi) is 8.09. The molecule has 0 aliphatic carbocycles. The third kappa shape index (κ3) is 5.31. The molecular formula is C33H35ClFN5O. The standard InChI is InChI=1S/C33H35ClFN5O/c1-7-28(41)39-15-16-40(21(6)18-39)33-25-17-26(34)30(24-11-8-9-14-27(24)35)36-31(25)32(37-38-33)29-22(19(2)3)12-10-13-23(29)20(4)5/h7-14,17,19-21H,1,15-16,18H2,2-6H3/t21-/m0/s1. The zero-order chi connectivity index (χ0) is 29.4. The minimum atomic E-state index is -0.396. The van der Waals surface area contributed by atoms with Crippen LogP contribution in [0.5, 0.6) is 0 Å². The summed E-state index contributed by atoms with van der Waals surface area (Å²) < 4.78 is 15.0. The van der Waals surface area contributed by atoms with E-state index in [1.807, 2.05) is 6.07 Å². The summed E-state index contributed by atoms with van der Waals surface area (Å²) in [6.07, 6.45) is 1.35. The first-order valence-electron chi connectivity index (χ1n) is 14.0.